The van der Waals surface area contributed by atoms with E-state index in [4.69, 9.17) is 11.6 Å². The van der Waals surface area contributed by atoms with E-state index in [2.05, 4.69) is 46.1 Å². The van der Waals surface area contributed by atoms with Crippen LogP contribution in [-0.4, -0.2) is 12.0 Å². The molecule has 1 aromatic heterocycles. The van der Waals surface area contributed by atoms with Gasteiger partial charge in [0.1, 0.15) is 0 Å². The van der Waals surface area contributed by atoms with Gasteiger partial charge < -0.3 is 5.32 Å². The van der Waals surface area contributed by atoms with Crippen LogP contribution in [0.15, 0.2) is 16.6 Å². The van der Waals surface area contributed by atoms with E-state index in [1.165, 1.54) is 5.56 Å². The van der Waals surface area contributed by atoms with E-state index >= 15 is 0 Å². The topological polar surface area (TPSA) is 24.9 Å². The second kappa shape index (κ2) is 5.06. The highest BCUT2D eigenvalue weighted by Gasteiger charge is 2.16. The predicted molar refractivity (Wildman–Crippen MR) is 82.8 cm³/mol. The van der Waals surface area contributed by atoms with E-state index < -0.39 is 0 Å². The van der Waals surface area contributed by atoms with Crippen molar-refractivity contribution >= 4 is 44.1 Å². The lowest BCUT2D eigenvalue weighted by Gasteiger charge is -2.18. The number of benzene rings is 1. The van der Waals surface area contributed by atoms with E-state index in [9.17, 15) is 0 Å². The van der Waals surface area contributed by atoms with Crippen molar-refractivity contribution in [3.05, 3.63) is 32.9 Å². The molecule has 2 nitrogen and oxygen atoms in total. The zero-order valence-electron chi connectivity index (χ0n) is 10.9. The minimum Gasteiger partial charge on any atom is -0.387 e. The standard InChI is InChI=1S/C14H16BrClN2/c1-7(2)12-8(3)18-13-10(14(12)17-4)5-9(15)6-11(13)16/h5-7H,1-4H3,(H,17,18). The van der Waals surface area contributed by atoms with Gasteiger partial charge in [-0.25, -0.2) is 0 Å². The van der Waals surface area contributed by atoms with E-state index in [0.717, 1.165) is 26.8 Å². The van der Waals surface area contributed by atoms with Crippen LogP contribution in [0.5, 0.6) is 0 Å². The monoisotopic (exact) mass is 326 g/mol. The number of nitrogens with zero attached hydrogens (tertiary/aromatic N) is 1. The Bertz CT molecular complexity index is 609. The molecule has 0 aliphatic carbocycles. The van der Waals surface area contributed by atoms with Crippen LogP contribution in [-0.2, 0) is 0 Å². The Balaban J connectivity index is 2.94. The Kier molecular flexibility index (Phi) is 3.83. The molecule has 0 aliphatic rings. The number of halogens is 2. The van der Waals surface area contributed by atoms with Crippen molar-refractivity contribution in [2.45, 2.75) is 26.7 Å². The van der Waals surface area contributed by atoms with Gasteiger partial charge in [0.25, 0.3) is 0 Å². The molecule has 1 aromatic carbocycles. The molecule has 2 rings (SSSR count). The van der Waals surface area contributed by atoms with Crippen LogP contribution in [0.1, 0.15) is 31.0 Å². The number of aromatic nitrogens is 1. The van der Waals surface area contributed by atoms with E-state index in [1.807, 2.05) is 20.0 Å². The third kappa shape index (κ3) is 2.21. The molecule has 0 atom stereocenters. The first-order chi connectivity index (χ1) is 8.45. The molecule has 0 unspecified atom stereocenters. The summed E-state index contributed by atoms with van der Waals surface area (Å²) < 4.78 is 0.969. The van der Waals surface area contributed by atoms with E-state index in [1.54, 1.807) is 0 Å². The van der Waals surface area contributed by atoms with Gasteiger partial charge in [0.2, 0.25) is 0 Å². The number of nitrogens with one attached hydrogen (secondary N) is 1. The number of rotatable bonds is 2. The molecule has 4 heteroatoms. The predicted octanol–water partition coefficient (Wildman–Crippen LogP) is 5.12. The SMILES string of the molecule is CNc1c(C(C)C)c(C)nc2c(Cl)cc(Br)cc12. The Morgan fingerprint density at radius 3 is 2.56 bits per heavy atom. The van der Waals surface area contributed by atoms with Gasteiger partial charge in [-0.05, 0) is 30.5 Å². The zero-order chi connectivity index (χ0) is 13.4. The molecule has 0 radical (unpaired) electrons. The molecule has 0 amide bonds. The van der Waals surface area contributed by atoms with Gasteiger partial charge in [-0.2, -0.15) is 0 Å². The maximum atomic E-state index is 6.27. The molecule has 2 aromatic rings. The van der Waals surface area contributed by atoms with E-state index in [-0.39, 0.29) is 0 Å². The largest absolute Gasteiger partial charge is 0.387 e. The number of anilines is 1. The minimum absolute atomic E-state index is 0.419. The summed E-state index contributed by atoms with van der Waals surface area (Å²) in [5.74, 6) is 0.419. The average Bonchev–Trinajstić information content (AvgIpc) is 2.28. The van der Waals surface area contributed by atoms with E-state index in [0.29, 0.717) is 10.9 Å². The molecule has 1 N–H and O–H groups in total. The van der Waals surface area contributed by atoms with Crippen LogP contribution in [0.3, 0.4) is 0 Å². The molecule has 0 saturated carbocycles. The van der Waals surface area contributed by atoms with Crippen molar-refractivity contribution < 1.29 is 0 Å². The van der Waals surface area contributed by atoms with Crippen LogP contribution < -0.4 is 5.32 Å². The Labute approximate surface area is 121 Å². The number of fused-ring (bicyclic) bond motifs is 1. The van der Waals surface area contributed by atoms with Crippen LogP contribution in [0.4, 0.5) is 5.69 Å². The summed E-state index contributed by atoms with van der Waals surface area (Å²) in [5.41, 5.74) is 4.26. The smallest absolute Gasteiger partial charge is 0.0913 e. The number of pyridine rings is 1. The summed E-state index contributed by atoms with van der Waals surface area (Å²) in [4.78, 5) is 4.65. The van der Waals surface area contributed by atoms with Crippen LogP contribution in [0, 0.1) is 6.92 Å². The van der Waals surface area contributed by atoms with Gasteiger partial charge in [-0.15, -0.1) is 0 Å². The second-order valence-corrected chi connectivity index (χ2v) is 6.00. The van der Waals surface area contributed by atoms with Crippen molar-refractivity contribution in [2.75, 3.05) is 12.4 Å². The Morgan fingerprint density at radius 1 is 1.33 bits per heavy atom. The highest BCUT2D eigenvalue weighted by atomic mass is 79.9. The first-order valence-corrected chi connectivity index (χ1v) is 7.09. The molecule has 18 heavy (non-hydrogen) atoms. The van der Waals surface area contributed by atoms with Crippen LogP contribution in [0.25, 0.3) is 10.9 Å². The van der Waals surface area contributed by atoms with Crippen LogP contribution in [0.2, 0.25) is 5.02 Å². The van der Waals surface area contributed by atoms with Crippen LogP contribution >= 0.6 is 27.5 Å². The molecule has 0 saturated heterocycles. The Hall–Kier alpha value is -0.800. The Morgan fingerprint density at radius 2 is 2.00 bits per heavy atom. The second-order valence-electron chi connectivity index (χ2n) is 4.67. The third-order valence-corrected chi connectivity index (χ3v) is 3.81. The first kappa shape index (κ1) is 13.6. The molecule has 0 spiro atoms. The highest BCUT2D eigenvalue weighted by Crippen LogP contribution is 2.37. The lowest BCUT2D eigenvalue weighted by molar-refractivity contribution is 0.849. The van der Waals surface area contributed by atoms with Crippen molar-refractivity contribution in [3.8, 4) is 0 Å². The van der Waals surface area contributed by atoms with Crippen molar-refractivity contribution in [2.24, 2.45) is 0 Å². The lowest BCUT2D eigenvalue weighted by atomic mass is 9.97. The summed E-state index contributed by atoms with van der Waals surface area (Å²) in [6.07, 6.45) is 0. The molecule has 0 fully saturated rings. The fourth-order valence-electron chi connectivity index (χ4n) is 2.40. The number of aryl methyl sites for hydroxylation is 1. The molecule has 0 bridgehead atoms. The third-order valence-electron chi connectivity index (χ3n) is 3.06. The van der Waals surface area contributed by atoms with Gasteiger partial charge in [0, 0.05) is 28.3 Å². The molecule has 1 heterocycles. The normalized spacial score (nSPS) is 11.3. The minimum atomic E-state index is 0.419. The van der Waals surface area contributed by atoms with Crippen molar-refractivity contribution in [3.63, 3.8) is 0 Å². The first-order valence-electron chi connectivity index (χ1n) is 5.92. The van der Waals surface area contributed by atoms with Gasteiger partial charge in [-0.1, -0.05) is 41.4 Å². The molecular weight excluding hydrogens is 312 g/mol. The quantitative estimate of drug-likeness (QED) is 0.827. The zero-order valence-corrected chi connectivity index (χ0v) is 13.3. The molecule has 96 valence electrons. The number of hydrogen-bond acceptors (Lipinski definition) is 2. The fraction of sp³-hybridized carbons (Fsp3) is 0.357. The van der Waals surface area contributed by atoms with Gasteiger partial charge >= 0.3 is 0 Å². The summed E-state index contributed by atoms with van der Waals surface area (Å²) in [5, 5.41) is 5.03. The summed E-state index contributed by atoms with van der Waals surface area (Å²) in [7, 11) is 1.94. The highest BCUT2D eigenvalue weighted by molar-refractivity contribution is 9.10. The summed E-state index contributed by atoms with van der Waals surface area (Å²) in [6.45, 7) is 6.39. The van der Waals surface area contributed by atoms with Gasteiger partial charge in [0.15, 0.2) is 0 Å². The summed E-state index contributed by atoms with van der Waals surface area (Å²) >= 11 is 9.76. The van der Waals surface area contributed by atoms with Crippen molar-refractivity contribution in [1.29, 1.82) is 0 Å². The van der Waals surface area contributed by atoms with Gasteiger partial charge in [-0.3, -0.25) is 4.98 Å². The molecular formula is C14H16BrClN2. The molecule has 0 aliphatic heterocycles. The fourth-order valence-corrected chi connectivity index (χ4v) is 3.25. The van der Waals surface area contributed by atoms with Gasteiger partial charge in [0.05, 0.1) is 10.5 Å². The lowest BCUT2D eigenvalue weighted by Crippen LogP contribution is -2.04. The maximum Gasteiger partial charge on any atom is 0.0913 e. The summed E-state index contributed by atoms with van der Waals surface area (Å²) in [6, 6.07) is 3.94. The average molecular weight is 328 g/mol. The number of hydrogen-bond donors (Lipinski definition) is 1. The van der Waals surface area contributed by atoms with Crippen molar-refractivity contribution in [1.82, 2.24) is 4.98 Å². The maximum absolute atomic E-state index is 6.27.